The van der Waals surface area contributed by atoms with Gasteiger partial charge in [-0.05, 0) is 24.3 Å². The van der Waals surface area contributed by atoms with Gasteiger partial charge in [0.2, 0.25) is 0 Å². The first-order valence-corrected chi connectivity index (χ1v) is 11.0. The number of ether oxygens (including phenoxy) is 1. The van der Waals surface area contributed by atoms with E-state index in [9.17, 15) is 27.1 Å². The van der Waals surface area contributed by atoms with E-state index in [0.717, 1.165) is 18.4 Å². The number of aromatic nitrogens is 1. The highest BCUT2D eigenvalue weighted by molar-refractivity contribution is 7.90. The van der Waals surface area contributed by atoms with Crippen molar-refractivity contribution in [1.29, 1.82) is 5.26 Å². The van der Waals surface area contributed by atoms with Gasteiger partial charge in [0, 0.05) is 17.9 Å². The summed E-state index contributed by atoms with van der Waals surface area (Å²) in [4.78, 5) is 15.2. The number of sulfone groups is 1. The van der Waals surface area contributed by atoms with Crippen LogP contribution in [0, 0.1) is 34.8 Å². The molecule has 1 aliphatic heterocycles. The highest BCUT2D eigenvalue weighted by Gasteiger charge is 2.34. The normalized spacial score (nSPS) is 14.8. The Morgan fingerprint density at radius 1 is 1.22 bits per heavy atom. The monoisotopic (exact) mass is 456 g/mol. The molecule has 1 fully saturated rings. The molecular formula is C22H14F2N2O5S. The lowest BCUT2D eigenvalue weighted by Gasteiger charge is -2.30. The van der Waals surface area contributed by atoms with Gasteiger partial charge in [0.25, 0.3) is 0 Å². The van der Waals surface area contributed by atoms with E-state index in [1.807, 2.05) is 6.07 Å². The maximum Gasteiger partial charge on any atom is 0.193 e. The summed E-state index contributed by atoms with van der Waals surface area (Å²) < 4.78 is 58.8. The molecule has 0 atom stereocenters. The number of nitriles is 1. The number of hydrogen-bond donors (Lipinski definition) is 2. The fourth-order valence-corrected chi connectivity index (χ4v) is 4.17. The first-order chi connectivity index (χ1) is 15.0. The summed E-state index contributed by atoms with van der Waals surface area (Å²) in [6.45, 7) is -0.184. The maximum atomic E-state index is 15.0. The Balaban J connectivity index is 1.95. The van der Waals surface area contributed by atoms with Crippen molar-refractivity contribution in [3.05, 3.63) is 63.3 Å². The molecule has 2 N–H and O–H groups in total. The minimum Gasteiger partial charge on any atom is -0.373 e. The number of aliphatic hydroxyl groups is 1. The summed E-state index contributed by atoms with van der Waals surface area (Å²) in [6.07, 6.45) is 0.961. The van der Waals surface area contributed by atoms with E-state index in [2.05, 4.69) is 16.8 Å². The third-order valence-corrected chi connectivity index (χ3v) is 6.06. The molecule has 10 heteroatoms. The van der Waals surface area contributed by atoms with Crippen LogP contribution >= 0.6 is 0 Å². The molecule has 0 spiro atoms. The summed E-state index contributed by atoms with van der Waals surface area (Å²) >= 11 is 0. The van der Waals surface area contributed by atoms with E-state index in [0.29, 0.717) is 0 Å². The number of rotatable bonds is 2. The molecule has 3 aromatic rings. The summed E-state index contributed by atoms with van der Waals surface area (Å²) in [5.41, 5.74) is -3.13. The molecule has 1 saturated heterocycles. The van der Waals surface area contributed by atoms with Crippen molar-refractivity contribution in [3.63, 3.8) is 0 Å². The minimum absolute atomic E-state index is 0.0161. The lowest BCUT2D eigenvalue weighted by atomic mass is 10.0. The maximum absolute atomic E-state index is 15.0. The van der Waals surface area contributed by atoms with Crippen molar-refractivity contribution in [2.75, 3.05) is 19.5 Å². The first-order valence-electron chi connectivity index (χ1n) is 9.15. The van der Waals surface area contributed by atoms with E-state index in [-0.39, 0.29) is 40.4 Å². The Morgan fingerprint density at radius 2 is 1.94 bits per heavy atom. The van der Waals surface area contributed by atoms with Crippen molar-refractivity contribution in [3.8, 4) is 29.2 Å². The number of pyridine rings is 1. The Kier molecular flexibility index (Phi) is 5.10. The number of halogens is 2. The predicted octanol–water partition coefficient (Wildman–Crippen LogP) is 1.86. The zero-order valence-electron chi connectivity index (χ0n) is 16.5. The van der Waals surface area contributed by atoms with Crippen molar-refractivity contribution < 1.29 is 27.0 Å². The van der Waals surface area contributed by atoms with Gasteiger partial charge in [0.15, 0.2) is 26.7 Å². The van der Waals surface area contributed by atoms with E-state index in [1.165, 1.54) is 18.2 Å². The molecular weight excluding hydrogens is 442 g/mol. The average molecular weight is 456 g/mol. The number of nitrogens with one attached hydrogen (secondary N) is 1. The second-order valence-electron chi connectivity index (χ2n) is 7.39. The molecule has 32 heavy (non-hydrogen) atoms. The quantitative estimate of drug-likeness (QED) is 0.568. The van der Waals surface area contributed by atoms with Gasteiger partial charge < -0.3 is 14.8 Å². The molecule has 1 aliphatic rings. The zero-order chi connectivity index (χ0) is 23.3. The van der Waals surface area contributed by atoms with Crippen LogP contribution in [0.15, 0.2) is 40.0 Å². The highest BCUT2D eigenvalue weighted by atomic mass is 32.2. The Hall–Kier alpha value is -3.57. The standard InChI is InChI=1S/C22H14F2N2O5S/c1-32(29,30)19-3-2-12(9-25)6-14(19)16-8-18(27)20-17(26-16)7-15(23)13(21(20)24)4-5-22(28)10-31-11-22/h2-3,6-8,28H,10-11H2,1H3,(H,26,27). The molecule has 0 radical (unpaired) electrons. The molecule has 0 aliphatic carbocycles. The molecule has 0 amide bonds. The first kappa shape index (κ1) is 21.7. The van der Waals surface area contributed by atoms with E-state index >= 15 is 0 Å². The van der Waals surface area contributed by atoms with Crippen LogP contribution in [-0.4, -0.2) is 43.6 Å². The molecule has 1 aromatic heterocycles. The predicted molar refractivity (Wildman–Crippen MR) is 110 cm³/mol. The van der Waals surface area contributed by atoms with Crippen molar-refractivity contribution in [1.82, 2.24) is 4.98 Å². The number of aromatic amines is 1. The van der Waals surface area contributed by atoms with Crippen LogP contribution in [0.2, 0.25) is 0 Å². The molecule has 4 rings (SSSR count). The van der Waals surface area contributed by atoms with Crippen LogP contribution in [0.1, 0.15) is 11.1 Å². The van der Waals surface area contributed by atoms with Gasteiger partial charge in [-0.1, -0.05) is 11.8 Å². The van der Waals surface area contributed by atoms with Gasteiger partial charge in [-0.3, -0.25) is 4.79 Å². The SMILES string of the molecule is CS(=O)(=O)c1ccc(C#N)cc1-c1cc(=O)c2c(F)c(C#CC3(O)COC3)c(F)cc2[nH]1. The largest absolute Gasteiger partial charge is 0.373 e. The molecule has 2 heterocycles. The van der Waals surface area contributed by atoms with Gasteiger partial charge in [0.1, 0.15) is 5.82 Å². The Bertz CT molecular complexity index is 1560. The second-order valence-corrected chi connectivity index (χ2v) is 9.37. The van der Waals surface area contributed by atoms with E-state index in [1.54, 1.807) is 0 Å². The molecule has 162 valence electrons. The lowest BCUT2D eigenvalue weighted by Crippen LogP contribution is -2.48. The third kappa shape index (κ3) is 3.76. The summed E-state index contributed by atoms with van der Waals surface area (Å²) in [7, 11) is -3.75. The number of fused-ring (bicyclic) bond motifs is 1. The highest BCUT2D eigenvalue weighted by Crippen LogP contribution is 2.29. The topological polar surface area (TPSA) is 120 Å². The second kappa shape index (κ2) is 7.53. The van der Waals surface area contributed by atoms with Crippen LogP contribution in [0.5, 0.6) is 0 Å². The summed E-state index contributed by atoms with van der Waals surface area (Å²) in [5, 5.41) is 18.6. The smallest absolute Gasteiger partial charge is 0.193 e. The van der Waals surface area contributed by atoms with Crippen molar-refractivity contribution >= 4 is 20.7 Å². The fraction of sp³-hybridized carbons (Fsp3) is 0.182. The van der Waals surface area contributed by atoms with Crippen molar-refractivity contribution in [2.45, 2.75) is 10.5 Å². The number of H-pyrrole nitrogens is 1. The molecule has 2 aromatic carbocycles. The minimum atomic E-state index is -3.75. The Morgan fingerprint density at radius 3 is 2.53 bits per heavy atom. The van der Waals surface area contributed by atoms with Crippen LogP contribution in [0.3, 0.4) is 0 Å². The van der Waals surface area contributed by atoms with Crippen LogP contribution < -0.4 is 5.43 Å². The third-order valence-electron chi connectivity index (χ3n) is 4.91. The fourth-order valence-electron chi connectivity index (χ4n) is 3.28. The summed E-state index contributed by atoms with van der Waals surface area (Å²) in [5.74, 6) is 2.29. The van der Waals surface area contributed by atoms with Crippen molar-refractivity contribution in [2.24, 2.45) is 0 Å². The number of nitrogens with zero attached hydrogens (tertiary/aromatic N) is 1. The molecule has 0 unspecified atom stereocenters. The zero-order valence-corrected chi connectivity index (χ0v) is 17.3. The molecule has 7 nitrogen and oxygen atoms in total. The number of hydrogen-bond acceptors (Lipinski definition) is 6. The Labute approximate surface area is 180 Å². The van der Waals surface area contributed by atoms with Gasteiger partial charge in [-0.2, -0.15) is 5.26 Å². The van der Waals surface area contributed by atoms with Crippen LogP contribution in [0.25, 0.3) is 22.2 Å². The van der Waals surface area contributed by atoms with Gasteiger partial charge in [-0.15, -0.1) is 0 Å². The number of benzene rings is 2. The van der Waals surface area contributed by atoms with Gasteiger partial charge in [-0.25, -0.2) is 17.2 Å². The average Bonchev–Trinajstić information content (AvgIpc) is 2.70. The molecule has 0 saturated carbocycles. The summed E-state index contributed by atoms with van der Waals surface area (Å²) in [6, 6.07) is 7.51. The van der Waals surface area contributed by atoms with Crippen LogP contribution in [0.4, 0.5) is 8.78 Å². The van der Waals surface area contributed by atoms with Gasteiger partial charge in [0.05, 0.1) is 51.9 Å². The van der Waals surface area contributed by atoms with Crippen LogP contribution in [-0.2, 0) is 14.6 Å². The molecule has 0 bridgehead atoms. The lowest BCUT2D eigenvalue weighted by molar-refractivity contribution is -0.140. The van der Waals surface area contributed by atoms with E-state index < -0.39 is 43.5 Å². The van der Waals surface area contributed by atoms with Gasteiger partial charge >= 0.3 is 0 Å². The van der Waals surface area contributed by atoms with E-state index in [4.69, 9.17) is 10.00 Å².